The molecule has 0 aliphatic rings. The second-order valence-corrected chi connectivity index (χ2v) is 6.21. The topological polar surface area (TPSA) is 84.2 Å². The minimum atomic E-state index is -0.284. The Morgan fingerprint density at radius 1 is 1.00 bits per heavy atom. The van der Waals surface area contributed by atoms with E-state index >= 15 is 0 Å². The van der Waals surface area contributed by atoms with Crippen LogP contribution in [-0.4, -0.2) is 29.9 Å². The van der Waals surface area contributed by atoms with Gasteiger partial charge in [-0.05, 0) is 44.0 Å². The average molecular weight is 351 g/mol. The summed E-state index contributed by atoms with van der Waals surface area (Å²) in [5.74, 6) is -0.192. The molecule has 0 atom stereocenters. The highest BCUT2D eigenvalue weighted by atomic mass is 16.3. The van der Waals surface area contributed by atoms with Crippen LogP contribution < -0.4 is 10.6 Å². The monoisotopic (exact) mass is 351 g/mol. The molecule has 3 rings (SSSR count). The van der Waals surface area contributed by atoms with Crippen molar-refractivity contribution in [2.75, 3.05) is 13.1 Å². The Morgan fingerprint density at radius 2 is 1.69 bits per heavy atom. The molecule has 0 saturated carbocycles. The van der Waals surface area contributed by atoms with Crippen LogP contribution in [0.2, 0.25) is 0 Å². The van der Waals surface area contributed by atoms with Gasteiger partial charge < -0.3 is 15.1 Å². The fourth-order valence-electron chi connectivity index (χ4n) is 2.92. The third kappa shape index (κ3) is 3.44. The lowest BCUT2D eigenvalue weighted by Gasteiger charge is -2.06. The normalized spacial score (nSPS) is 10.7. The van der Waals surface area contributed by atoms with Crippen molar-refractivity contribution in [1.82, 2.24) is 15.6 Å². The first-order valence-electron chi connectivity index (χ1n) is 8.44. The van der Waals surface area contributed by atoms with Crippen molar-refractivity contribution in [3.63, 3.8) is 0 Å². The van der Waals surface area contributed by atoms with Crippen molar-refractivity contribution >= 4 is 22.8 Å². The van der Waals surface area contributed by atoms with E-state index in [0.29, 0.717) is 24.4 Å². The van der Waals surface area contributed by atoms with Gasteiger partial charge in [-0.2, -0.15) is 0 Å². The molecule has 26 heavy (non-hydrogen) atoms. The van der Waals surface area contributed by atoms with Gasteiger partial charge in [0.05, 0.1) is 5.56 Å². The minimum Gasteiger partial charge on any atom is -0.450 e. The summed E-state index contributed by atoms with van der Waals surface area (Å²) in [7, 11) is 0. The molecule has 2 amide bonds. The lowest BCUT2D eigenvalue weighted by atomic mass is 10.0. The molecule has 6 nitrogen and oxygen atoms in total. The summed E-state index contributed by atoms with van der Waals surface area (Å²) in [5.41, 5.74) is 4.14. The van der Waals surface area contributed by atoms with E-state index in [1.165, 1.54) is 6.20 Å². The van der Waals surface area contributed by atoms with Crippen molar-refractivity contribution < 1.29 is 14.0 Å². The van der Waals surface area contributed by atoms with Gasteiger partial charge >= 0.3 is 0 Å². The van der Waals surface area contributed by atoms with Crippen LogP contribution in [0.5, 0.6) is 0 Å². The third-order valence-electron chi connectivity index (χ3n) is 4.31. The average Bonchev–Trinajstić information content (AvgIpc) is 3.01. The zero-order valence-corrected chi connectivity index (χ0v) is 15.1. The molecular formula is C20H21N3O3. The Bertz CT molecular complexity index is 961. The second kappa shape index (κ2) is 7.39. The number of aryl methyl sites for hydroxylation is 3. The first-order valence-corrected chi connectivity index (χ1v) is 8.44. The molecule has 0 unspecified atom stereocenters. The van der Waals surface area contributed by atoms with Gasteiger partial charge in [0.15, 0.2) is 5.76 Å². The summed E-state index contributed by atoms with van der Waals surface area (Å²) in [6, 6.07) is 7.39. The molecule has 0 fully saturated rings. The first-order chi connectivity index (χ1) is 12.5. The maximum absolute atomic E-state index is 12.4. The molecule has 2 heterocycles. The van der Waals surface area contributed by atoms with Crippen molar-refractivity contribution in [2.24, 2.45) is 0 Å². The van der Waals surface area contributed by atoms with E-state index in [2.05, 4.69) is 15.6 Å². The fraction of sp³-hybridized carbons (Fsp3) is 0.250. The number of benzene rings is 1. The van der Waals surface area contributed by atoms with Crippen LogP contribution in [0.25, 0.3) is 11.0 Å². The number of carbonyl (C=O) groups excluding carboxylic acids is 2. The quantitative estimate of drug-likeness (QED) is 0.692. The molecule has 6 heteroatoms. The van der Waals surface area contributed by atoms with Crippen LogP contribution in [-0.2, 0) is 0 Å². The van der Waals surface area contributed by atoms with E-state index in [0.717, 1.165) is 27.7 Å². The molecule has 2 N–H and O–H groups in total. The Labute approximate surface area is 151 Å². The number of amides is 2. The molecular weight excluding hydrogens is 330 g/mol. The molecule has 0 radical (unpaired) electrons. The van der Waals surface area contributed by atoms with E-state index in [1.807, 2.05) is 32.9 Å². The number of furan rings is 1. The van der Waals surface area contributed by atoms with Crippen LogP contribution in [0.4, 0.5) is 0 Å². The SMILES string of the molecule is Cc1ccc(C)c2c(C)c(C(=O)NCCNC(=O)c3cccnc3)oc12. The van der Waals surface area contributed by atoms with Gasteiger partial charge in [-0.25, -0.2) is 0 Å². The Balaban J connectivity index is 1.62. The maximum atomic E-state index is 12.4. The van der Waals surface area contributed by atoms with E-state index < -0.39 is 0 Å². The highest BCUT2D eigenvalue weighted by Gasteiger charge is 2.19. The molecule has 2 aromatic heterocycles. The zero-order valence-electron chi connectivity index (χ0n) is 15.1. The fourth-order valence-corrected chi connectivity index (χ4v) is 2.92. The summed E-state index contributed by atoms with van der Waals surface area (Å²) in [6.07, 6.45) is 3.10. The number of fused-ring (bicyclic) bond motifs is 1. The molecule has 0 spiro atoms. The summed E-state index contributed by atoms with van der Waals surface area (Å²) >= 11 is 0. The van der Waals surface area contributed by atoms with Crippen molar-refractivity contribution in [1.29, 1.82) is 0 Å². The van der Waals surface area contributed by atoms with Gasteiger partial charge in [0.1, 0.15) is 5.58 Å². The molecule has 0 aliphatic heterocycles. The largest absolute Gasteiger partial charge is 0.450 e. The van der Waals surface area contributed by atoms with Crippen LogP contribution in [0.15, 0.2) is 41.1 Å². The summed E-state index contributed by atoms with van der Waals surface area (Å²) in [5, 5.41) is 6.51. The number of pyridine rings is 1. The lowest BCUT2D eigenvalue weighted by Crippen LogP contribution is -2.34. The van der Waals surface area contributed by atoms with Gasteiger partial charge in [0, 0.05) is 36.4 Å². The van der Waals surface area contributed by atoms with Crippen LogP contribution in [0, 0.1) is 20.8 Å². The van der Waals surface area contributed by atoms with E-state index in [-0.39, 0.29) is 11.8 Å². The lowest BCUT2D eigenvalue weighted by molar-refractivity contribution is 0.0911. The Kier molecular flexibility index (Phi) is 5.02. The first kappa shape index (κ1) is 17.7. The van der Waals surface area contributed by atoms with Crippen molar-refractivity contribution in [3.05, 3.63) is 64.7 Å². The Morgan fingerprint density at radius 3 is 2.35 bits per heavy atom. The minimum absolute atomic E-state index is 0.224. The number of hydrogen-bond donors (Lipinski definition) is 2. The number of carbonyl (C=O) groups is 2. The summed E-state index contributed by atoms with van der Waals surface area (Å²) in [4.78, 5) is 28.3. The number of hydrogen-bond acceptors (Lipinski definition) is 4. The van der Waals surface area contributed by atoms with Gasteiger partial charge in [-0.15, -0.1) is 0 Å². The van der Waals surface area contributed by atoms with E-state index in [1.54, 1.807) is 18.3 Å². The molecule has 0 aliphatic carbocycles. The highest BCUT2D eigenvalue weighted by Crippen LogP contribution is 2.30. The number of nitrogens with zero attached hydrogens (tertiary/aromatic N) is 1. The molecule has 1 aromatic carbocycles. The third-order valence-corrected chi connectivity index (χ3v) is 4.31. The molecule has 0 bridgehead atoms. The molecule has 0 saturated heterocycles. The van der Waals surface area contributed by atoms with Gasteiger partial charge in [0.2, 0.25) is 0 Å². The van der Waals surface area contributed by atoms with Gasteiger partial charge in [-0.3, -0.25) is 14.6 Å². The number of nitrogens with one attached hydrogen (secondary N) is 2. The predicted octanol–water partition coefficient (Wildman–Crippen LogP) is 2.91. The van der Waals surface area contributed by atoms with Gasteiger partial charge in [0.25, 0.3) is 11.8 Å². The van der Waals surface area contributed by atoms with Crippen molar-refractivity contribution in [2.45, 2.75) is 20.8 Å². The summed E-state index contributed by atoms with van der Waals surface area (Å²) < 4.78 is 5.81. The standard InChI is InChI=1S/C20H21N3O3/c1-12-6-7-13(2)17-16(12)14(3)18(26-17)20(25)23-10-9-22-19(24)15-5-4-8-21-11-15/h4-8,11H,9-10H2,1-3H3,(H,22,24)(H,23,25). The summed E-state index contributed by atoms with van der Waals surface area (Å²) in [6.45, 7) is 6.47. The van der Waals surface area contributed by atoms with Crippen LogP contribution in [0.1, 0.15) is 37.6 Å². The van der Waals surface area contributed by atoms with E-state index in [9.17, 15) is 9.59 Å². The molecule has 3 aromatic rings. The zero-order chi connectivity index (χ0) is 18.7. The van der Waals surface area contributed by atoms with Crippen LogP contribution in [0.3, 0.4) is 0 Å². The number of rotatable bonds is 5. The van der Waals surface area contributed by atoms with E-state index in [4.69, 9.17) is 4.42 Å². The highest BCUT2D eigenvalue weighted by molar-refractivity contribution is 6.00. The van der Waals surface area contributed by atoms with Crippen molar-refractivity contribution in [3.8, 4) is 0 Å². The smallest absolute Gasteiger partial charge is 0.287 e. The van der Waals surface area contributed by atoms with Gasteiger partial charge in [-0.1, -0.05) is 12.1 Å². The van der Waals surface area contributed by atoms with Crippen LogP contribution >= 0.6 is 0 Å². The predicted molar refractivity (Wildman–Crippen MR) is 99.3 cm³/mol. The Hall–Kier alpha value is -3.15. The second-order valence-electron chi connectivity index (χ2n) is 6.21. The molecule has 134 valence electrons. The maximum Gasteiger partial charge on any atom is 0.287 e. The number of aromatic nitrogens is 1.